The molecular formula is C8H11KO3. The Hall–Kier alpha value is 0.646. The van der Waals surface area contributed by atoms with Gasteiger partial charge in [0.05, 0.1) is 6.61 Å². The fraction of sp³-hybridized carbons (Fsp3) is 0.625. The third kappa shape index (κ3) is 3.18. The molecule has 1 aliphatic carbocycles. The summed E-state index contributed by atoms with van der Waals surface area (Å²) in [4.78, 5) is 21.9. The molecule has 0 aromatic rings. The topological polar surface area (TPSA) is 43.4 Å². The van der Waals surface area contributed by atoms with Gasteiger partial charge in [0.1, 0.15) is 0 Å². The molecule has 62 valence electrons. The van der Waals surface area contributed by atoms with E-state index in [9.17, 15) is 9.59 Å². The minimum atomic E-state index is -0.421. The van der Waals surface area contributed by atoms with Crippen LogP contribution in [0.4, 0.5) is 0 Å². The monoisotopic (exact) mass is 194 g/mol. The molecule has 4 heteroatoms. The Bertz CT molecular complexity index is 179. The molecule has 0 aromatic heterocycles. The first-order chi connectivity index (χ1) is 5.25. The van der Waals surface area contributed by atoms with Crippen molar-refractivity contribution in [2.45, 2.75) is 26.2 Å². The number of esters is 1. The summed E-state index contributed by atoms with van der Waals surface area (Å²) in [5.41, 5.74) is 0. The van der Waals surface area contributed by atoms with Crippen LogP contribution in [-0.4, -0.2) is 18.4 Å². The maximum absolute atomic E-state index is 11.0. The van der Waals surface area contributed by atoms with E-state index >= 15 is 0 Å². The number of ether oxygens (including phenoxy) is 1. The first-order valence-electron chi connectivity index (χ1n) is 3.82. The molecule has 0 heterocycles. The molecule has 12 heavy (non-hydrogen) atoms. The zero-order chi connectivity index (χ0) is 8.27. The molecule has 1 saturated carbocycles. The van der Waals surface area contributed by atoms with Gasteiger partial charge in [-0.3, -0.25) is 4.79 Å². The molecule has 0 spiro atoms. The molecule has 0 amide bonds. The molecule has 1 aliphatic rings. The van der Waals surface area contributed by atoms with E-state index in [2.05, 4.69) is 0 Å². The largest absolute Gasteiger partial charge is 1.00 e. The van der Waals surface area contributed by atoms with Crippen molar-refractivity contribution in [3.8, 4) is 0 Å². The van der Waals surface area contributed by atoms with Crippen LogP contribution in [0.3, 0.4) is 0 Å². The van der Waals surface area contributed by atoms with Crippen molar-refractivity contribution >= 4 is 11.8 Å². The van der Waals surface area contributed by atoms with Crippen LogP contribution in [0, 0.1) is 5.92 Å². The molecular weight excluding hydrogens is 183 g/mol. The maximum atomic E-state index is 11.0. The van der Waals surface area contributed by atoms with E-state index in [-0.39, 0.29) is 57.2 Å². The summed E-state index contributed by atoms with van der Waals surface area (Å²) in [7, 11) is 0. The molecule has 1 rings (SSSR count). The molecule has 0 aliphatic heterocycles. The van der Waals surface area contributed by atoms with Gasteiger partial charge >= 0.3 is 51.4 Å². The molecule has 3 nitrogen and oxygen atoms in total. The number of Topliss-reactive ketones (excluding diaryl/α,β-unsaturated/α-hetero) is 1. The number of carbonyl (C=O) groups is 2. The van der Waals surface area contributed by atoms with Gasteiger partial charge in [0.25, 0.3) is 0 Å². The second-order valence-corrected chi connectivity index (χ2v) is 2.48. The van der Waals surface area contributed by atoms with Gasteiger partial charge in [0.15, 0.2) is 5.97 Å². The molecule has 0 bridgehead atoms. The molecule has 1 fully saturated rings. The van der Waals surface area contributed by atoms with Gasteiger partial charge in [0, 0.05) is 5.78 Å². The van der Waals surface area contributed by atoms with Gasteiger partial charge in [-0.1, -0.05) is 6.42 Å². The Balaban J connectivity index is 0.00000121. The quantitative estimate of drug-likeness (QED) is 0.287. The first kappa shape index (κ1) is 12.6. The van der Waals surface area contributed by atoms with Crippen molar-refractivity contribution in [1.82, 2.24) is 0 Å². The van der Waals surface area contributed by atoms with Gasteiger partial charge in [-0.05, 0) is 13.3 Å². The fourth-order valence-corrected chi connectivity index (χ4v) is 1.15. The zero-order valence-corrected chi connectivity index (χ0v) is 10.7. The summed E-state index contributed by atoms with van der Waals surface area (Å²) in [6.45, 7) is 2.08. The molecule has 0 N–H and O–H groups in total. The SMILES string of the molecule is CCOC(=O)[C-]1CCCC1=O.[K+]. The van der Waals surface area contributed by atoms with E-state index in [1.807, 2.05) is 0 Å². The summed E-state index contributed by atoms with van der Waals surface area (Å²) < 4.78 is 4.70. The van der Waals surface area contributed by atoms with Gasteiger partial charge < -0.3 is 9.53 Å². The van der Waals surface area contributed by atoms with Gasteiger partial charge in [0.2, 0.25) is 0 Å². The zero-order valence-electron chi connectivity index (χ0n) is 7.55. The fourth-order valence-electron chi connectivity index (χ4n) is 1.15. The van der Waals surface area contributed by atoms with Crippen molar-refractivity contribution < 1.29 is 65.7 Å². The van der Waals surface area contributed by atoms with Crippen LogP contribution in [-0.2, 0) is 14.3 Å². The van der Waals surface area contributed by atoms with E-state index in [4.69, 9.17) is 4.74 Å². The second-order valence-electron chi connectivity index (χ2n) is 2.48. The minimum absolute atomic E-state index is 0. The second kappa shape index (κ2) is 6.15. The molecule has 0 radical (unpaired) electrons. The third-order valence-corrected chi connectivity index (χ3v) is 1.69. The molecule has 0 atom stereocenters. The van der Waals surface area contributed by atoms with Gasteiger partial charge in [-0.2, -0.15) is 0 Å². The van der Waals surface area contributed by atoms with E-state index < -0.39 is 5.97 Å². The van der Waals surface area contributed by atoms with Crippen molar-refractivity contribution in [2.24, 2.45) is 0 Å². The summed E-state index contributed by atoms with van der Waals surface area (Å²) >= 11 is 0. The van der Waals surface area contributed by atoms with Crippen LogP contribution in [0.1, 0.15) is 26.2 Å². The molecule has 0 saturated heterocycles. The number of hydrogen-bond acceptors (Lipinski definition) is 3. The standard InChI is InChI=1S/C8H11O3.K/c1-2-11-8(10)6-4-3-5-7(6)9;/h2-5H2,1H3;/q-1;+1. The minimum Gasteiger partial charge on any atom is -0.488 e. The van der Waals surface area contributed by atoms with Crippen molar-refractivity contribution in [1.29, 1.82) is 0 Å². The Morgan fingerprint density at radius 3 is 2.75 bits per heavy atom. The van der Waals surface area contributed by atoms with Crippen LogP contribution < -0.4 is 51.4 Å². The average molecular weight is 194 g/mol. The summed E-state index contributed by atoms with van der Waals surface area (Å²) in [6, 6.07) is 0. The number of rotatable bonds is 2. The average Bonchev–Trinajstić information content (AvgIpc) is 2.36. The molecule has 0 unspecified atom stereocenters. The first-order valence-corrected chi connectivity index (χ1v) is 3.82. The Kier molecular flexibility index (Phi) is 6.49. The van der Waals surface area contributed by atoms with Crippen LogP contribution >= 0.6 is 0 Å². The van der Waals surface area contributed by atoms with Crippen LogP contribution in [0.5, 0.6) is 0 Å². The molecule has 0 aromatic carbocycles. The summed E-state index contributed by atoms with van der Waals surface area (Å²) in [6.07, 6.45) is 1.90. The smallest absolute Gasteiger partial charge is 0.488 e. The van der Waals surface area contributed by atoms with Gasteiger partial charge in [-0.25, -0.2) is 5.92 Å². The Labute approximate surface area is 115 Å². The van der Waals surface area contributed by atoms with Gasteiger partial charge in [-0.15, -0.1) is 6.42 Å². The van der Waals surface area contributed by atoms with Crippen LogP contribution in [0.2, 0.25) is 0 Å². The normalized spacial score (nSPS) is 15.8. The van der Waals surface area contributed by atoms with Crippen molar-refractivity contribution in [3.63, 3.8) is 0 Å². The van der Waals surface area contributed by atoms with Crippen molar-refractivity contribution in [2.75, 3.05) is 6.61 Å². The third-order valence-electron chi connectivity index (χ3n) is 1.69. The predicted molar refractivity (Wildman–Crippen MR) is 38.7 cm³/mol. The summed E-state index contributed by atoms with van der Waals surface area (Å²) in [5, 5.41) is 0. The maximum Gasteiger partial charge on any atom is 1.00 e. The van der Waals surface area contributed by atoms with E-state index in [0.717, 1.165) is 6.42 Å². The van der Waals surface area contributed by atoms with Crippen molar-refractivity contribution in [3.05, 3.63) is 5.92 Å². The van der Waals surface area contributed by atoms with E-state index in [0.29, 0.717) is 25.4 Å². The Morgan fingerprint density at radius 2 is 2.33 bits per heavy atom. The number of ketones is 1. The van der Waals surface area contributed by atoms with E-state index in [1.54, 1.807) is 6.92 Å². The Morgan fingerprint density at radius 1 is 1.67 bits per heavy atom. The van der Waals surface area contributed by atoms with Crippen LogP contribution in [0.15, 0.2) is 0 Å². The van der Waals surface area contributed by atoms with Crippen LogP contribution in [0.25, 0.3) is 0 Å². The number of hydrogen-bond donors (Lipinski definition) is 0. The number of carbonyl (C=O) groups excluding carboxylic acids is 2. The summed E-state index contributed by atoms with van der Waals surface area (Å²) in [5.74, 6) is -0.106. The predicted octanol–water partition coefficient (Wildman–Crippen LogP) is -2.12. The van der Waals surface area contributed by atoms with E-state index in [1.165, 1.54) is 0 Å².